The van der Waals surface area contributed by atoms with Crippen LogP contribution in [0.1, 0.15) is 151 Å². The molecule has 8 rings (SSSR count). The fraction of sp³-hybridized carbons (Fsp3) is 0.466. The lowest BCUT2D eigenvalue weighted by Crippen LogP contribution is -2.77. The number of Topliss-reactive ketones (excluding diaryl/α,β-unsaturated/α-hetero) is 2. The van der Waals surface area contributed by atoms with Crippen molar-refractivity contribution in [1.82, 2.24) is 21.3 Å². The molecular formula is C73H86F2N6O17. The summed E-state index contributed by atoms with van der Waals surface area (Å²) >= 11 is 0. The summed E-state index contributed by atoms with van der Waals surface area (Å²) in [5.74, 6) is -13.9. The van der Waals surface area contributed by atoms with Crippen molar-refractivity contribution in [2.24, 2.45) is 45.5 Å². The number of carbonyl (C=O) groups is 11. The molecule has 14 atom stereocenters. The first-order valence-corrected chi connectivity index (χ1v) is 32.8. The van der Waals surface area contributed by atoms with E-state index in [1.165, 1.54) is 31.2 Å². The van der Waals surface area contributed by atoms with E-state index >= 15 is 9.59 Å². The molecule has 4 aromatic carbocycles. The Kier molecular flexibility index (Phi) is 23.9. The molecule has 3 fully saturated rings. The second-order valence-electron chi connectivity index (χ2n) is 26.9. The third-order valence-electron chi connectivity index (χ3n) is 20.1. The highest BCUT2D eigenvalue weighted by molar-refractivity contribution is 5.98. The van der Waals surface area contributed by atoms with Gasteiger partial charge in [0.2, 0.25) is 35.6 Å². The first-order chi connectivity index (χ1) is 46.3. The number of amides is 6. The molecule has 2 unspecified atom stereocenters. The molecule has 4 aromatic rings. The van der Waals surface area contributed by atoms with Crippen LogP contribution < -0.4 is 32.7 Å². The Labute approximate surface area is 566 Å². The molecule has 0 aromatic heterocycles. The summed E-state index contributed by atoms with van der Waals surface area (Å²) in [7, 11) is 0. The molecule has 6 amide bonds. The molecular weight excluding hydrogens is 1270 g/mol. The number of esters is 3. The Morgan fingerprint density at radius 3 is 2.02 bits per heavy atom. The molecule has 0 radical (unpaired) electrons. The summed E-state index contributed by atoms with van der Waals surface area (Å²) < 4.78 is 51.9. The van der Waals surface area contributed by atoms with E-state index in [4.69, 9.17) is 30.4 Å². The molecule has 4 aliphatic rings. The Hall–Kier alpha value is -9.33. The number of aliphatic hydroxyl groups is 2. The largest absolute Gasteiger partial charge is 0.455 e. The minimum atomic E-state index is -2.17. The number of ether oxygens (including phenoxy) is 4. The zero-order valence-corrected chi connectivity index (χ0v) is 55.8. The predicted molar refractivity (Wildman–Crippen MR) is 351 cm³/mol. The molecule has 1 heterocycles. The number of halogens is 2. The predicted octanol–water partition coefficient (Wildman–Crippen LogP) is 6.07. The van der Waals surface area contributed by atoms with E-state index in [-0.39, 0.29) is 68.4 Å². The zero-order valence-electron chi connectivity index (χ0n) is 55.8. The number of benzene rings is 4. The quantitative estimate of drug-likeness (QED) is 0.0100. The van der Waals surface area contributed by atoms with Crippen molar-refractivity contribution in [3.8, 4) is 0 Å². The van der Waals surface area contributed by atoms with Gasteiger partial charge >= 0.3 is 17.9 Å². The lowest BCUT2D eigenvalue weighted by Gasteiger charge is -2.68. The molecule has 2 bridgehead atoms. The van der Waals surface area contributed by atoms with Crippen LogP contribution in [-0.2, 0) is 62.1 Å². The molecule has 524 valence electrons. The van der Waals surface area contributed by atoms with E-state index in [2.05, 4.69) is 21.3 Å². The average molecular weight is 1360 g/mol. The number of hydrogen-bond acceptors (Lipinski definition) is 17. The van der Waals surface area contributed by atoms with Gasteiger partial charge in [-0.2, -0.15) is 0 Å². The summed E-state index contributed by atoms with van der Waals surface area (Å²) in [6.07, 6.45) is -6.44. The summed E-state index contributed by atoms with van der Waals surface area (Å²) in [6.45, 7) is 11.8. The van der Waals surface area contributed by atoms with E-state index in [0.29, 0.717) is 16.7 Å². The van der Waals surface area contributed by atoms with E-state index in [9.17, 15) is 62.1 Å². The fourth-order valence-corrected chi connectivity index (χ4v) is 14.5. The van der Waals surface area contributed by atoms with E-state index < -0.39 is 190 Å². The van der Waals surface area contributed by atoms with E-state index in [1.807, 2.05) is 6.92 Å². The number of nitrogens with one attached hydrogen (secondary N) is 4. The maximum atomic E-state index is 15.5. The van der Waals surface area contributed by atoms with Gasteiger partial charge in [-0.05, 0) is 111 Å². The Morgan fingerprint density at radius 2 is 1.41 bits per heavy atom. The van der Waals surface area contributed by atoms with Crippen molar-refractivity contribution in [3.05, 3.63) is 160 Å². The maximum Gasteiger partial charge on any atom is 0.350 e. The third kappa shape index (κ3) is 16.4. The van der Waals surface area contributed by atoms with Crippen molar-refractivity contribution < 1.29 is 90.7 Å². The molecule has 0 spiro atoms. The summed E-state index contributed by atoms with van der Waals surface area (Å²) in [5, 5.41) is 36.5. The van der Waals surface area contributed by atoms with Gasteiger partial charge in [0.25, 0.3) is 5.91 Å². The highest BCUT2D eigenvalue weighted by atomic mass is 19.2. The van der Waals surface area contributed by atoms with Gasteiger partial charge in [0, 0.05) is 78.9 Å². The van der Waals surface area contributed by atoms with Gasteiger partial charge in [0.1, 0.15) is 35.7 Å². The third-order valence-corrected chi connectivity index (χ3v) is 20.1. The van der Waals surface area contributed by atoms with Crippen molar-refractivity contribution in [1.29, 1.82) is 0 Å². The van der Waals surface area contributed by atoms with Gasteiger partial charge in [-0.3, -0.25) is 43.2 Å². The Balaban J connectivity index is 0.929. The van der Waals surface area contributed by atoms with Crippen LogP contribution in [0.15, 0.2) is 126 Å². The smallest absolute Gasteiger partial charge is 0.350 e. The molecule has 1 aliphatic heterocycles. The SMILES string of the molecule is CC1=C2[C@@H](C)C(=O)[C@@]3(C)[C@H]([C@H](OC(=O)c4ccccc4)[C@](O)(C[C@@H]1OC(=O)[C@H](OC(=O)CCC(=O)NCCCCC(NC(=O)CC[C@H](CC(=O)C(C)NC(=O)/C=C/c1ccc(F)c(F)c1)C(N)=O)C(N)=O)[C@@H](NC(=O)c1ccccc1)c1ccccc1)C2(C)C)[C@]1(C)CO[C@@H]1C[C@@H]3O. The number of carbonyl (C=O) groups excluding carboxylic acids is 11. The van der Waals surface area contributed by atoms with Gasteiger partial charge in [-0.15, -0.1) is 0 Å². The fourth-order valence-electron chi connectivity index (χ4n) is 14.5. The summed E-state index contributed by atoms with van der Waals surface area (Å²) in [5.41, 5.74) is 6.61. The van der Waals surface area contributed by atoms with Gasteiger partial charge in [-0.1, -0.05) is 100 Å². The van der Waals surface area contributed by atoms with Crippen LogP contribution in [0.3, 0.4) is 0 Å². The first-order valence-electron chi connectivity index (χ1n) is 32.8. The highest BCUT2D eigenvalue weighted by Gasteiger charge is 2.75. The highest BCUT2D eigenvalue weighted by Crippen LogP contribution is 2.66. The second kappa shape index (κ2) is 31.5. The molecule has 25 heteroatoms. The normalized spacial score (nSPS) is 25.3. The minimum Gasteiger partial charge on any atom is -0.455 e. The van der Waals surface area contributed by atoms with Gasteiger partial charge in [-0.25, -0.2) is 18.4 Å². The maximum absolute atomic E-state index is 15.5. The number of nitrogens with two attached hydrogens (primary N) is 2. The van der Waals surface area contributed by atoms with Crippen LogP contribution in [-0.4, -0.2) is 136 Å². The van der Waals surface area contributed by atoms with Gasteiger partial charge in [0.05, 0.1) is 42.3 Å². The van der Waals surface area contributed by atoms with Crippen LogP contribution in [0, 0.1) is 45.6 Å². The zero-order chi connectivity index (χ0) is 71.6. The molecule has 3 aliphatic carbocycles. The van der Waals surface area contributed by atoms with Crippen LogP contribution in [0.4, 0.5) is 8.78 Å². The van der Waals surface area contributed by atoms with Crippen molar-refractivity contribution in [2.75, 3.05) is 13.2 Å². The summed E-state index contributed by atoms with van der Waals surface area (Å²) in [6, 6.07) is 23.6. The molecule has 98 heavy (non-hydrogen) atoms. The van der Waals surface area contributed by atoms with Crippen molar-refractivity contribution in [2.45, 2.75) is 167 Å². The first kappa shape index (κ1) is 74.5. The Morgan fingerprint density at radius 1 is 0.765 bits per heavy atom. The number of fused-ring (bicyclic) bond motifs is 5. The van der Waals surface area contributed by atoms with Gasteiger partial charge in [0.15, 0.2) is 17.4 Å². The average Bonchev–Trinajstić information content (AvgIpc) is 0.674. The number of rotatable bonds is 29. The molecule has 10 N–H and O–H groups in total. The lowest BCUT2D eigenvalue weighted by molar-refractivity contribution is -0.312. The topological polar surface area (TPSA) is 365 Å². The Bertz CT molecular complexity index is 3740. The van der Waals surface area contributed by atoms with Crippen LogP contribution >= 0.6 is 0 Å². The number of aliphatic hydroxyl groups excluding tert-OH is 1. The number of ketones is 2. The minimum absolute atomic E-state index is 0.0248. The standard InChI is InChI=1S/C73H86F2N6O17/c1-40-52(38-73(94)64(98-68(92)46-23-15-10-16-24-46)62-71(6)39-95-54(71)37-53(83)72(62,7)63(88)41(2)59(40)70(73,4)5)96-69(93)61(60(44-19-11-8-12-20-44)81-67(91)45-21-13-9-14-22-45)97-58(87)33-32-55(84)78-34-18-17-25-50(66(77)90)80-57(86)31-28-47(65(76)89)36-51(82)42(3)79-56(85)30-27-43-26-29-48(74)49(75)35-43/h8-16,19-24,26-27,29-30,35,41-42,47,50,52-54,60-62,64,83,94H,17-18,25,28,31-34,36-39H2,1-7H3,(H2,76,89)(H2,77,90)(H,78,84)(H,79,85)(H,80,86)(H,81,91)/b30-27+/t41-,42?,47-,50?,52+,53+,54-,60+,61-,62-,64+,71-,72-,73-/m1/s1. The van der Waals surface area contributed by atoms with Crippen molar-refractivity contribution in [3.63, 3.8) is 0 Å². The van der Waals surface area contributed by atoms with E-state index in [1.54, 1.807) is 113 Å². The molecule has 2 saturated carbocycles. The number of hydrogen-bond donors (Lipinski definition) is 8. The summed E-state index contributed by atoms with van der Waals surface area (Å²) in [4.78, 5) is 150. The van der Waals surface area contributed by atoms with E-state index in [0.717, 1.165) is 18.2 Å². The number of unbranched alkanes of at least 4 members (excludes halogenated alkanes) is 1. The second-order valence-corrected chi connectivity index (χ2v) is 26.9. The van der Waals surface area contributed by atoms with Gasteiger partial charge < -0.3 is 61.9 Å². The molecule has 1 saturated heterocycles. The lowest BCUT2D eigenvalue weighted by atomic mass is 9.41. The number of primary amides is 2. The van der Waals surface area contributed by atoms with Crippen LogP contribution in [0.5, 0.6) is 0 Å². The monoisotopic (exact) mass is 1360 g/mol. The van der Waals surface area contributed by atoms with Crippen molar-refractivity contribution >= 4 is 71.0 Å². The van der Waals surface area contributed by atoms with Crippen LogP contribution in [0.25, 0.3) is 6.08 Å². The molecule has 23 nitrogen and oxygen atoms in total. The van der Waals surface area contributed by atoms with Crippen LogP contribution in [0.2, 0.25) is 0 Å².